The summed E-state index contributed by atoms with van der Waals surface area (Å²) in [6.45, 7) is 2.24. The molecule has 0 atom stereocenters. The van der Waals surface area contributed by atoms with E-state index in [0.717, 1.165) is 5.56 Å². The number of nitrogens with zero attached hydrogens (tertiary/aromatic N) is 4. The fourth-order valence-electron chi connectivity index (χ4n) is 3.42. The van der Waals surface area contributed by atoms with Crippen molar-refractivity contribution in [1.82, 2.24) is 18.9 Å². The third-order valence-electron chi connectivity index (χ3n) is 4.95. The summed E-state index contributed by atoms with van der Waals surface area (Å²) in [5.41, 5.74) is 2.62. The molecule has 0 N–H and O–H groups in total. The number of thioether (sulfide) groups is 1. The molecule has 0 unspecified atom stereocenters. The van der Waals surface area contributed by atoms with Crippen LogP contribution in [0, 0.1) is 6.92 Å². The van der Waals surface area contributed by atoms with Gasteiger partial charge in [0.05, 0.1) is 29.4 Å². The van der Waals surface area contributed by atoms with E-state index in [1.165, 1.54) is 22.2 Å². The van der Waals surface area contributed by atoms with E-state index in [9.17, 15) is 9.59 Å². The van der Waals surface area contributed by atoms with E-state index < -0.39 is 0 Å². The summed E-state index contributed by atoms with van der Waals surface area (Å²) in [7, 11) is 0. The second-order valence-electron chi connectivity index (χ2n) is 7.19. The molecule has 0 saturated heterocycles. The van der Waals surface area contributed by atoms with Gasteiger partial charge in [-0.2, -0.15) is 0 Å². The van der Waals surface area contributed by atoms with E-state index in [2.05, 4.69) is 4.98 Å². The van der Waals surface area contributed by atoms with Crippen LogP contribution in [0.25, 0.3) is 16.6 Å². The zero-order chi connectivity index (χ0) is 21.4. The number of rotatable bonds is 5. The van der Waals surface area contributed by atoms with Crippen molar-refractivity contribution >= 4 is 28.3 Å². The summed E-state index contributed by atoms with van der Waals surface area (Å²) in [6.07, 6.45) is 3.30. The van der Waals surface area contributed by atoms with Gasteiger partial charge in [-0.15, -0.1) is 0 Å². The van der Waals surface area contributed by atoms with Gasteiger partial charge in [0.2, 0.25) is 0 Å². The molecule has 1 aromatic carbocycles. The van der Waals surface area contributed by atoms with Crippen LogP contribution in [-0.2, 0) is 12.3 Å². The highest BCUT2D eigenvalue weighted by Gasteiger charge is 2.14. The molecular weight excluding hydrogens is 412 g/mol. The number of aromatic nitrogens is 4. The maximum absolute atomic E-state index is 13.2. The zero-order valence-corrected chi connectivity index (χ0v) is 17.5. The van der Waals surface area contributed by atoms with Crippen LogP contribution in [0.5, 0.6) is 0 Å². The molecule has 4 heterocycles. The van der Waals surface area contributed by atoms with E-state index in [1.807, 2.05) is 43.3 Å². The minimum atomic E-state index is -0.139. The van der Waals surface area contributed by atoms with E-state index in [1.54, 1.807) is 29.2 Å². The second kappa shape index (κ2) is 7.88. The Hall–Kier alpha value is -3.65. The topological polar surface area (TPSA) is 82.4 Å². The van der Waals surface area contributed by atoms with Gasteiger partial charge in [0.15, 0.2) is 5.16 Å². The first-order valence-corrected chi connectivity index (χ1v) is 10.7. The Morgan fingerprint density at radius 1 is 1.03 bits per heavy atom. The molecule has 4 aromatic heterocycles. The Bertz CT molecular complexity index is 1520. The SMILES string of the molecule is Cc1ccn2c(=O)cc(CSc3nc4ccccc4c(=O)n3Cc3ccco3)nc2c1. The van der Waals surface area contributed by atoms with Crippen LogP contribution in [0.15, 0.2) is 86.2 Å². The van der Waals surface area contributed by atoms with Crippen molar-refractivity contribution in [3.63, 3.8) is 0 Å². The monoisotopic (exact) mass is 430 g/mol. The molecule has 31 heavy (non-hydrogen) atoms. The summed E-state index contributed by atoms with van der Waals surface area (Å²) < 4.78 is 8.56. The number of para-hydroxylation sites is 1. The average Bonchev–Trinajstić information content (AvgIpc) is 3.27. The molecule has 7 nitrogen and oxygen atoms in total. The molecule has 0 bridgehead atoms. The van der Waals surface area contributed by atoms with Crippen molar-refractivity contribution < 1.29 is 4.42 Å². The van der Waals surface area contributed by atoms with Crippen LogP contribution in [0.4, 0.5) is 0 Å². The third-order valence-corrected chi connectivity index (χ3v) is 5.96. The van der Waals surface area contributed by atoms with E-state index in [-0.39, 0.29) is 17.7 Å². The fourth-order valence-corrected chi connectivity index (χ4v) is 4.31. The Morgan fingerprint density at radius 3 is 2.74 bits per heavy atom. The Balaban J connectivity index is 1.54. The van der Waals surface area contributed by atoms with Gasteiger partial charge in [0, 0.05) is 18.0 Å². The first-order chi connectivity index (χ1) is 15.1. The van der Waals surface area contributed by atoms with Crippen molar-refractivity contribution in [3.8, 4) is 0 Å². The lowest BCUT2D eigenvalue weighted by molar-refractivity contribution is 0.476. The van der Waals surface area contributed by atoms with Gasteiger partial charge in [-0.05, 0) is 48.9 Å². The highest BCUT2D eigenvalue weighted by atomic mass is 32.2. The Labute approximate surface area is 181 Å². The number of benzene rings is 1. The molecule has 0 amide bonds. The van der Waals surface area contributed by atoms with Gasteiger partial charge in [0.25, 0.3) is 11.1 Å². The lowest BCUT2D eigenvalue weighted by atomic mass is 10.2. The first-order valence-electron chi connectivity index (χ1n) is 9.72. The molecule has 5 aromatic rings. The van der Waals surface area contributed by atoms with Crippen molar-refractivity contribution in [3.05, 3.63) is 105 Å². The van der Waals surface area contributed by atoms with Gasteiger partial charge < -0.3 is 4.42 Å². The molecule has 0 aliphatic rings. The number of fused-ring (bicyclic) bond motifs is 2. The van der Waals surface area contributed by atoms with E-state index in [4.69, 9.17) is 9.40 Å². The molecule has 0 aliphatic carbocycles. The highest BCUT2D eigenvalue weighted by Crippen LogP contribution is 2.22. The van der Waals surface area contributed by atoms with Gasteiger partial charge in [-0.3, -0.25) is 18.6 Å². The molecule has 154 valence electrons. The zero-order valence-electron chi connectivity index (χ0n) is 16.7. The second-order valence-corrected chi connectivity index (χ2v) is 8.13. The van der Waals surface area contributed by atoms with Crippen LogP contribution in [0.2, 0.25) is 0 Å². The lowest BCUT2D eigenvalue weighted by Crippen LogP contribution is -2.24. The molecule has 5 rings (SSSR count). The van der Waals surface area contributed by atoms with E-state index >= 15 is 0 Å². The van der Waals surface area contributed by atoms with Crippen LogP contribution < -0.4 is 11.1 Å². The van der Waals surface area contributed by atoms with Gasteiger partial charge >= 0.3 is 0 Å². The number of hydrogen-bond donors (Lipinski definition) is 0. The van der Waals surface area contributed by atoms with Crippen LogP contribution >= 0.6 is 11.8 Å². The molecule has 0 spiro atoms. The van der Waals surface area contributed by atoms with Crippen LogP contribution in [-0.4, -0.2) is 18.9 Å². The number of aryl methyl sites for hydroxylation is 1. The summed E-state index contributed by atoms with van der Waals surface area (Å²) in [5.74, 6) is 1.07. The predicted molar refractivity (Wildman–Crippen MR) is 120 cm³/mol. The minimum absolute atomic E-state index is 0.133. The average molecular weight is 430 g/mol. The van der Waals surface area contributed by atoms with Gasteiger partial charge in [0.1, 0.15) is 11.4 Å². The maximum Gasteiger partial charge on any atom is 0.262 e. The Morgan fingerprint density at radius 2 is 1.90 bits per heavy atom. The predicted octanol–water partition coefficient (Wildman–Crippen LogP) is 3.65. The summed E-state index contributed by atoms with van der Waals surface area (Å²) in [5, 5.41) is 1.10. The van der Waals surface area contributed by atoms with Crippen molar-refractivity contribution in [2.24, 2.45) is 0 Å². The first kappa shape index (κ1) is 19.3. The highest BCUT2D eigenvalue weighted by molar-refractivity contribution is 7.98. The van der Waals surface area contributed by atoms with Gasteiger partial charge in [-0.25, -0.2) is 9.97 Å². The molecular formula is C23H18N4O3S. The molecule has 0 aliphatic heterocycles. The standard InChI is InChI=1S/C23H18N4O3S/c1-15-8-9-26-20(11-15)24-16(12-21(26)28)14-31-23-25-19-7-3-2-6-18(19)22(29)27(23)13-17-5-4-10-30-17/h2-12H,13-14H2,1H3. The molecule has 0 radical (unpaired) electrons. The maximum atomic E-state index is 13.2. The fraction of sp³-hybridized carbons (Fsp3) is 0.130. The number of pyridine rings is 1. The smallest absolute Gasteiger partial charge is 0.262 e. The van der Waals surface area contributed by atoms with Crippen molar-refractivity contribution in [1.29, 1.82) is 0 Å². The number of furan rings is 1. The molecule has 0 saturated carbocycles. The quantitative estimate of drug-likeness (QED) is 0.313. The normalized spacial score (nSPS) is 11.4. The van der Waals surface area contributed by atoms with Crippen molar-refractivity contribution in [2.45, 2.75) is 24.4 Å². The summed E-state index contributed by atoms with van der Waals surface area (Å²) in [4.78, 5) is 34.9. The van der Waals surface area contributed by atoms with Gasteiger partial charge in [-0.1, -0.05) is 23.9 Å². The summed E-state index contributed by atoms with van der Waals surface area (Å²) >= 11 is 1.37. The van der Waals surface area contributed by atoms with Crippen LogP contribution in [0.1, 0.15) is 17.0 Å². The van der Waals surface area contributed by atoms with Crippen LogP contribution in [0.3, 0.4) is 0 Å². The minimum Gasteiger partial charge on any atom is -0.467 e. The summed E-state index contributed by atoms with van der Waals surface area (Å²) in [6, 6.07) is 16.1. The van der Waals surface area contributed by atoms with Crippen molar-refractivity contribution in [2.75, 3.05) is 0 Å². The largest absolute Gasteiger partial charge is 0.467 e. The number of hydrogen-bond acceptors (Lipinski definition) is 6. The third kappa shape index (κ3) is 3.77. The van der Waals surface area contributed by atoms with E-state index in [0.29, 0.717) is 38.9 Å². The Kier molecular flexibility index (Phi) is 4.91. The molecule has 8 heteroatoms. The molecule has 0 fully saturated rings. The lowest BCUT2D eigenvalue weighted by Gasteiger charge is -2.12.